The molecule has 0 aliphatic rings. The molecule has 1 aromatic rings. The summed E-state index contributed by atoms with van der Waals surface area (Å²) >= 11 is 0. The molecule has 0 fully saturated rings. The number of halogens is 1. The van der Waals surface area contributed by atoms with Crippen LogP contribution in [0.4, 0.5) is 10.1 Å². The van der Waals surface area contributed by atoms with Crippen molar-refractivity contribution in [2.75, 3.05) is 16.6 Å². The first-order valence-corrected chi connectivity index (χ1v) is 7.82. The van der Waals surface area contributed by atoms with Gasteiger partial charge in [0.1, 0.15) is 12.4 Å². The van der Waals surface area contributed by atoms with E-state index >= 15 is 0 Å². The Bertz CT molecular complexity index is 571. The lowest BCUT2D eigenvalue weighted by molar-refractivity contribution is -0.145. The van der Waals surface area contributed by atoms with Gasteiger partial charge in [-0.15, -0.1) is 0 Å². The minimum absolute atomic E-state index is 0.104. The van der Waals surface area contributed by atoms with E-state index in [1.54, 1.807) is 13.8 Å². The average Bonchev–Trinajstić information content (AvgIpc) is 2.35. The molecule has 0 saturated carbocycles. The summed E-state index contributed by atoms with van der Waals surface area (Å²) in [5, 5.41) is 0. The lowest BCUT2D eigenvalue weighted by Gasteiger charge is -2.23. The minimum Gasteiger partial charge on any atom is -0.462 e. The number of benzene rings is 1. The number of hydrogen-bond donors (Lipinski definition) is 0. The first-order chi connectivity index (χ1) is 9.26. The Morgan fingerprint density at radius 1 is 1.40 bits per heavy atom. The van der Waals surface area contributed by atoms with Crippen LogP contribution in [0.3, 0.4) is 0 Å². The summed E-state index contributed by atoms with van der Waals surface area (Å²) in [7, 11) is -3.70. The highest BCUT2D eigenvalue weighted by molar-refractivity contribution is 7.92. The van der Waals surface area contributed by atoms with Gasteiger partial charge in [0.2, 0.25) is 10.0 Å². The van der Waals surface area contributed by atoms with Gasteiger partial charge in [0.05, 0.1) is 17.5 Å². The summed E-state index contributed by atoms with van der Waals surface area (Å²) in [6.45, 7) is 4.31. The fourth-order valence-electron chi connectivity index (χ4n) is 1.55. The zero-order valence-electron chi connectivity index (χ0n) is 11.7. The molecular weight excluding hydrogens is 285 g/mol. The molecule has 0 aromatic heterocycles. The normalized spacial score (nSPS) is 11.4. The van der Waals surface area contributed by atoms with Gasteiger partial charge < -0.3 is 4.74 Å². The molecule has 0 saturated heterocycles. The molecule has 0 atom stereocenters. The fraction of sp³-hybridized carbons (Fsp3) is 0.462. The van der Waals surface area contributed by atoms with E-state index in [9.17, 15) is 17.6 Å². The zero-order valence-corrected chi connectivity index (χ0v) is 12.5. The number of carbonyl (C=O) groups excluding carboxylic acids is 1. The van der Waals surface area contributed by atoms with Crippen molar-refractivity contribution in [2.24, 2.45) is 0 Å². The first kappa shape index (κ1) is 16.4. The molecule has 0 heterocycles. The second-order valence-corrected chi connectivity index (χ2v) is 6.61. The summed E-state index contributed by atoms with van der Waals surface area (Å²) < 4.78 is 43.1. The van der Waals surface area contributed by atoms with Gasteiger partial charge in [0, 0.05) is 0 Å². The Morgan fingerprint density at radius 2 is 2.05 bits per heavy atom. The van der Waals surface area contributed by atoms with Crippen molar-refractivity contribution in [3.8, 4) is 0 Å². The van der Waals surface area contributed by atoms with E-state index in [0.717, 1.165) is 10.4 Å². The van der Waals surface area contributed by atoms with Gasteiger partial charge in [0.15, 0.2) is 0 Å². The van der Waals surface area contributed by atoms with Crippen LogP contribution in [0.5, 0.6) is 0 Å². The van der Waals surface area contributed by atoms with Crippen molar-refractivity contribution >= 4 is 21.7 Å². The second kappa shape index (κ2) is 6.69. The van der Waals surface area contributed by atoms with Crippen molar-refractivity contribution in [3.63, 3.8) is 0 Å². The largest absolute Gasteiger partial charge is 0.462 e. The third-order valence-corrected chi connectivity index (χ3v) is 4.18. The van der Waals surface area contributed by atoms with Gasteiger partial charge in [-0.2, -0.15) is 0 Å². The summed E-state index contributed by atoms with van der Waals surface area (Å²) in [4.78, 5) is 11.7. The Labute approximate surface area is 118 Å². The van der Waals surface area contributed by atoms with E-state index in [2.05, 4.69) is 0 Å². The molecule has 0 aliphatic carbocycles. The lowest BCUT2D eigenvalue weighted by atomic mass is 10.3. The lowest BCUT2D eigenvalue weighted by Crippen LogP contribution is -2.38. The highest BCUT2D eigenvalue weighted by Gasteiger charge is 2.24. The standard InChI is InChI=1S/C13H18FNO4S/c1-4-20(17,18)15(9-13(16)19-10(2)3)12-7-5-6-11(14)8-12/h5-8,10H,4,9H2,1-3H3. The Hall–Kier alpha value is -1.63. The van der Waals surface area contributed by atoms with Gasteiger partial charge in [-0.1, -0.05) is 6.07 Å². The van der Waals surface area contributed by atoms with Crippen LogP contribution in [0.2, 0.25) is 0 Å². The Kier molecular flexibility index (Phi) is 5.50. The van der Waals surface area contributed by atoms with Crippen LogP contribution in [0.15, 0.2) is 24.3 Å². The summed E-state index contributed by atoms with van der Waals surface area (Å²) in [5.41, 5.74) is 0.104. The highest BCUT2D eigenvalue weighted by atomic mass is 32.2. The van der Waals surface area contributed by atoms with Crippen LogP contribution in [0.25, 0.3) is 0 Å². The number of carbonyl (C=O) groups is 1. The van der Waals surface area contributed by atoms with Crippen LogP contribution >= 0.6 is 0 Å². The quantitative estimate of drug-likeness (QED) is 0.753. The van der Waals surface area contributed by atoms with Crippen molar-refractivity contribution in [3.05, 3.63) is 30.1 Å². The maximum absolute atomic E-state index is 13.2. The number of sulfonamides is 1. The predicted molar refractivity (Wildman–Crippen MR) is 74.4 cm³/mol. The van der Waals surface area contributed by atoms with Crippen LogP contribution in [0.1, 0.15) is 20.8 Å². The molecule has 5 nitrogen and oxygen atoms in total. The molecule has 0 unspecified atom stereocenters. The van der Waals surface area contributed by atoms with Crippen LogP contribution < -0.4 is 4.31 Å². The van der Waals surface area contributed by atoms with Gasteiger partial charge in [-0.05, 0) is 39.0 Å². The maximum atomic E-state index is 13.2. The zero-order chi connectivity index (χ0) is 15.3. The van der Waals surface area contributed by atoms with E-state index in [0.29, 0.717) is 0 Å². The number of esters is 1. The van der Waals surface area contributed by atoms with E-state index in [1.807, 2.05) is 0 Å². The van der Waals surface area contributed by atoms with Crippen molar-refractivity contribution < 1.29 is 22.3 Å². The van der Waals surface area contributed by atoms with E-state index < -0.39 is 28.4 Å². The molecule has 0 N–H and O–H groups in total. The predicted octanol–water partition coefficient (Wildman–Crippen LogP) is 1.93. The number of rotatable bonds is 6. The summed E-state index contributed by atoms with van der Waals surface area (Å²) in [5.74, 6) is -1.45. The topological polar surface area (TPSA) is 63.7 Å². The molecule has 0 spiro atoms. The van der Waals surface area contributed by atoms with E-state index in [4.69, 9.17) is 4.74 Å². The van der Waals surface area contributed by atoms with Gasteiger partial charge in [0.25, 0.3) is 0 Å². The van der Waals surface area contributed by atoms with Crippen molar-refractivity contribution in [1.82, 2.24) is 0 Å². The molecule has 0 radical (unpaired) electrons. The van der Waals surface area contributed by atoms with Gasteiger partial charge >= 0.3 is 5.97 Å². The summed E-state index contributed by atoms with van der Waals surface area (Å²) in [6, 6.07) is 5.08. The molecule has 0 bridgehead atoms. The number of nitrogens with zero attached hydrogens (tertiary/aromatic N) is 1. The van der Waals surface area contributed by atoms with E-state index in [1.165, 1.54) is 25.1 Å². The molecule has 7 heteroatoms. The molecule has 1 rings (SSSR count). The van der Waals surface area contributed by atoms with Gasteiger partial charge in [-0.25, -0.2) is 12.8 Å². The molecular formula is C13H18FNO4S. The van der Waals surface area contributed by atoms with Crippen LogP contribution in [-0.2, 0) is 19.6 Å². The third-order valence-electron chi connectivity index (χ3n) is 2.44. The monoisotopic (exact) mass is 303 g/mol. The van der Waals surface area contributed by atoms with Crippen LogP contribution in [0, 0.1) is 5.82 Å². The van der Waals surface area contributed by atoms with E-state index in [-0.39, 0.29) is 17.5 Å². The second-order valence-electron chi connectivity index (χ2n) is 4.43. The number of hydrogen-bond acceptors (Lipinski definition) is 4. The highest BCUT2D eigenvalue weighted by Crippen LogP contribution is 2.19. The SMILES string of the molecule is CCS(=O)(=O)N(CC(=O)OC(C)C)c1cccc(F)c1. The first-order valence-electron chi connectivity index (χ1n) is 6.21. The average molecular weight is 303 g/mol. The fourth-order valence-corrected chi connectivity index (χ4v) is 2.60. The van der Waals surface area contributed by atoms with Crippen molar-refractivity contribution in [1.29, 1.82) is 0 Å². The molecule has 20 heavy (non-hydrogen) atoms. The molecule has 0 aliphatic heterocycles. The number of anilines is 1. The molecule has 0 amide bonds. The van der Waals surface area contributed by atoms with Crippen molar-refractivity contribution in [2.45, 2.75) is 26.9 Å². The van der Waals surface area contributed by atoms with Crippen LogP contribution in [-0.4, -0.2) is 32.8 Å². The number of ether oxygens (including phenoxy) is 1. The summed E-state index contributed by atoms with van der Waals surface area (Å²) in [6.07, 6.45) is -0.346. The molecule has 1 aromatic carbocycles. The molecule has 112 valence electrons. The minimum atomic E-state index is -3.70. The maximum Gasteiger partial charge on any atom is 0.327 e. The Morgan fingerprint density at radius 3 is 2.55 bits per heavy atom. The third kappa shape index (κ3) is 4.48. The van der Waals surface area contributed by atoms with Gasteiger partial charge in [-0.3, -0.25) is 9.10 Å². The Balaban J connectivity index is 3.07. The smallest absolute Gasteiger partial charge is 0.327 e.